The van der Waals surface area contributed by atoms with Gasteiger partial charge in [0, 0.05) is 19.1 Å². The largest absolute Gasteiger partial charge is 0.341 e. The molecule has 0 aliphatic carbocycles. The van der Waals surface area contributed by atoms with Crippen molar-refractivity contribution in [3.8, 4) is 0 Å². The molecule has 3 aromatic rings. The number of hydrogen-bond acceptors (Lipinski definition) is 3. The molecule has 1 aliphatic heterocycles. The Labute approximate surface area is 166 Å². The Morgan fingerprint density at radius 1 is 1.19 bits per heavy atom. The van der Waals surface area contributed by atoms with E-state index in [1.165, 1.54) is 5.56 Å². The predicted molar refractivity (Wildman–Crippen MR) is 113 cm³/mol. The maximum Gasteiger partial charge on any atom is 0.207 e. The fourth-order valence-corrected chi connectivity index (χ4v) is 3.80. The van der Waals surface area contributed by atoms with Crippen molar-refractivity contribution in [1.82, 2.24) is 9.55 Å². The maximum absolute atomic E-state index is 7.15. The van der Waals surface area contributed by atoms with Crippen LogP contribution in [-0.4, -0.2) is 28.7 Å². The average Bonchev–Trinajstić information content (AvgIpc) is 3.07. The van der Waals surface area contributed by atoms with Gasteiger partial charge in [-0.1, -0.05) is 36.4 Å². The number of para-hydroxylation sites is 2. The standard InChI is InChI=1S/C21H23N5.ClH/c1-15(16-9-11-18(23-2)12-10-16)26-20-8-4-3-7-19(20)24-21(26)25-13-5-6-17(22)14-25;/h3-4,7-12,15,17H,5-6,13-14,22H2,1H3;1H/t15-,17+;/m1./s1. The summed E-state index contributed by atoms with van der Waals surface area (Å²) in [5.41, 5.74) is 10.2. The van der Waals surface area contributed by atoms with Gasteiger partial charge in [-0.2, -0.15) is 0 Å². The molecule has 27 heavy (non-hydrogen) atoms. The summed E-state index contributed by atoms with van der Waals surface area (Å²) in [4.78, 5) is 10.7. The molecule has 0 radical (unpaired) electrons. The number of nitrogens with two attached hydrogens (primary N) is 1. The molecule has 0 amide bonds. The molecule has 4 rings (SSSR count). The Kier molecular flexibility index (Phi) is 5.69. The summed E-state index contributed by atoms with van der Waals surface area (Å²) in [5.74, 6) is 0.989. The summed E-state index contributed by atoms with van der Waals surface area (Å²) in [5, 5.41) is 0. The van der Waals surface area contributed by atoms with E-state index in [0.29, 0.717) is 5.69 Å². The number of rotatable bonds is 3. The Bertz CT molecular complexity index is 957. The van der Waals surface area contributed by atoms with Crippen LogP contribution in [-0.2, 0) is 0 Å². The van der Waals surface area contributed by atoms with Gasteiger partial charge in [0.05, 0.1) is 23.6 Å². The van der Waals surface area contributed by atoms with Crippen LogP contribution in [0.1, 0.15) is 31.4 Å². The Hall–Kier alpha value is -2.55. The number of benzene rings is 2. The highest BCUT2D eigenvalue weighted by atomic mass is 35.5. The molecule has 1 fully saturated rings. The Balaban J connectivity index is 0.00000210. The fraction of sp³-hybridized carbons (Fsp3) is 0.333. The van der Waals surface area contributed by atoms with Crippen molar-refractivity contribution in [2.75, 3.05) is 18.0 Å². The van der Waals surface area contributed by atoms with Crippen LogP contribution in [0, 0.1) is 6.57 Å². The molecule has 0 spiro atoms. The molecular weight excluding hydrogens is 358 g/mol. The van der Waals surface area contributed by atoms with Gasteiger partial charge in [-0.05, 0) is 37.5 Å². The highest BCUT2D eigenvalue weighted by Gasteiger charge is 2.25. The van der Waals surface area contributed by atoms with E-state index in [-0.39, 0.29) is 24.5 Å². The third-order valence-corrected chi connectivity index (χ3v) is 5.21. The van der Waals surface area contributed by atoms with Gasteiger partial charge in [-0.15, -0.1) is 12.4 Å². The van der Waals surface area contributed by atoms with Gasteiger partial charge in [0.25, 0.3) is 0 Å². The van der Waals surface area contributed by atoms with Crippen LogP contribution in [0.25, 0.3) is 15.9 Å². The number of halogens is 1. The third kappa shape index (κ3) is 3.64. The Morgan fingerprint density at radius 3 is 2.63 bits per heavy atom. The van der Waals surface area contributed by atoms with Gasteiger partial charge < -0.3 is 15.2 Å². The number of imidazole rings is 1. The number of nitrogens with zero attached hydrogens (tertiary/aromatic N) is 4. The molecule has 0 unspecified atom stereocenters. The lowest BCUT2D eigenvalue weighted by Gasteiger charge is -2.33. The van der Waals surface area contributed by atoms with Crippen molar-refractivity contribution in [3.05, 3.63) is 65.5 Å². The van der Waals surface area contributed by atoms with Gasteiger partial charge in [-0.3, -0.25) is 0 Å². The van der Waals surface area contributed by atoms with Crippen LogP contribution >= 0.6 is 12.4 Å². The van der Waals surface area contributed by atoms with Crippen molar-refractivity contribution >= 4 is 35.1 Å². The number of aromatic nitrogens is 2. The second kappa shape index (κ2) is 7.99. The minimum absolute atomic E-state index is 0. The molecule has 0 saturated carbocycles. The zero-order chi connectivity index (χ0) is 18.1. The lowest BCUT2D eigenvalue weighted by Crippen LogP contribution is -2.44. The van der Waals surface area contributed by atoms with Crippen LogP contribution in [0.4, 0.5) is 11.6 Å². The first kappa shape index (κ1) is 19.2. The van der Waals surface area contributed by atoms with Crippen LogP contribution in [0.15, 0.2) is 48.5 Å². The molecule has 2 atom stereocenters. The lowest BCUT2D eigenvalue weighted by molar-refractivity contribution is 0.490. The van der Waals surface area contributed by atoms with E-state index in [1.807, 2.05) is 30.3 Å². The van der Waals surface area contributed by atoms with Crippen molar-refractivity contribution in [3.63, 3.8) is 0 Å². The van der Waals surface area contributed by atoms with Crippen molar-refractivity contribution < 1.29 is 0 Å². The summed E-state index contributed by atoms with van der Waals surface area (Å²) in [6, 6.07) is 16.4. The van der Waals surface area contributed by atoms with Gasteiger partial charge in [0.15, 0.2) is 5.69 Å². The van der Waals surface area contributed by atoms with E-state index in [2.05, 4.69) is 39.4 Å². The number of piperidine rings is 1. The van der Waals surface area contributed by atoms with E-state index >= 15 is 0 Å². The van der Waals surface area contributed by atoms with Crippen molar-refractivity contribution in [1.29, 1.82) is 0 Å². The van der Waals surface area contributed by atoms with Crippen LogP contribution in [0.3, 0.4) is 0 Å². The van der Waals surface area contributed by atoms with Crippen LogP contribution in [0.2, 0.25) is 0 Å². The molecule has 1 saturated heterocycles. The fourth-order valence-electron chi connectivity index (χ4n) is 3.80. The first-order chi connectivity index (χ1) is 12.7. The summed E-state index contributed by atoms with van der Waals surface area (Å²) in [6.07, 6.45) is 2.17. The summed E-state index contributed by atoms with van der Waals surface area (Å²) < 4.78 is 2.31. The van der Waals surface area contributed by atoms with Gasteiger partial charge in [-0.25, -0.2) is 9.83 Å². The summed E-state index contributed by atoms with van der Waals surface area (Å²) in [7, 11) is 0. The van der Waals surface area contributed by atoms with Crippen LogP contribution in [0.5, 0.6) is 0 Å². The van der Waals surface area contributed by atoms with Crippen molar-refractivity contribution in [2.45, 2.75) is 31.8 Å². The second-order valence-corrected chi connectivity index (χ2v) is 7.00. The highest BCUT2D eigenvalue weighted by Crippen LogP contribution is 2.32. The van der Waals surface area contributed by atoms with E-state index in [4.69, 9.17) is 17.3 Å². The molecule has 0 bridgehead atoms. The minimum atomic E-state index is 0. The summed E-state index contributed by atoms with van der Waals surface area (Å²) >= 11 is 0. The molecule has 2 aromatic carbocycles. The third-order valence-electron chi connectivity index (χ3n) is 5.21. The van der Waals surface area contributed by atoms with E-state index < -0.39 is 0 Å². The first-order valence-corrected chi connectivity index (χ1v) is 9.12. The molecule has 1 aromatic heterocycles. The topological polar surface area (TPSA) is 51.4 Å². The smallest absolute Gasteiger partial charge is 0.207 e. The molecule has 2 N–H and O–H groups in total. The zero-order valence-corrected chi connectivity index (χ0v) is 16.2. The molecule has 2 heterocycles. The van der Waals surface area contributed by atoms with Gasteiger partial charge >= 0.3 is 0 Å². The molecule has 1 aliphatic rings. The van der Waals surface area contributed by atoms with E-state index in [9.17, 15) is 0 Å². The summed E-state index contributed by atoms with van der Waals surface area (Å²) in [6.45, 7) is 11.2. The van der Waals surface area contributed by atoms with Crippen molar-refractivity contribution in [2.24, 2.45) is 5.73 Å². The molecule has 6 heteroatoms. The normalized spacial score (nSPS) is 18.0. The maximum atomic E-state index is 7.15. The minimum Gasteiger partial charge on any atom is -0.341 e. The zero-order valence-electron chi connectivity index (χ0n) is 15.4. The SMILES string of the molecule is Cl.[C-]#[N+]c1ccc([C@@H](C)n2c(N3CCC[C@H](N)C3)nc3ccccc32)cc1. The quantitative estimate of drug-likeness (QED) is 0.677. The number of anilines is 1. The monoisotopic (exact) mass is 381 g/mol. The lowest BCUT2D eigenvalue weighted by atomic mass is 10.1. The second-order valence-electron chi connectivity index (χ2n) is 7.00. The number of hydrogen-bond donors (Lipinski definition) is 1. The predicted octanol–water partition coefficient (Wildman–Crippen LogP) is 4.55. The number of fused-ring (bicyclic) bond motifs is 1. The van der Waals surface area contributed by atoms with Gasteiger partial charge in [0.1, 0.15) is 0 Å². The van der Waals surface area contributed by atoms with E-state index in [0.717, 1.165) is 42.9 Å². The molecule has 140 valence electrons. The van der Waals surface area contributed by atoms with E-state index in [1.54, 1.807) is 0 Å². The molecule has 5 nitrogen and oxygen atoms in total. The molecular formula is C21H24ClN5. The Morgan fingerprint density at radius 2 is 1.93 bits per heavy atom. The first-order valence-electron chi connectivity index (χ1n) is 9.12. The van der Waals surface area contributed by atoms with Crippen LogP contribution < -0.4 is 10.6 Å². The van der Waals surface area contributed by atoms with Gasteiger partial charge in [0.2, 0.25) is 5.95 Å². The average molecular weight is 382 g/mol. The highest BCUT2D eigenvalue weighted by molar-refractivity contribution is 5.85.